The maximum absolute atomic E-state index is 5.86. The van der Waals surface area contributed by atoms with Gasteiger partial charge in [0, 0.05) is 11.9 Å². The summed E-state index contributed by atoms with van der Waals surface area (Å²) in [6.45, 7) is 4.57. The van der Waals surface area contributed by atoms with Gasteiger partial charge in [-0.2, -0.15) is 0 Å². The van der Waals surface area contributed by atoms with E-state index in [1.165, 1.54) is 30.5 Å². The number of ether oxygens (including phenoxy) is 1. The van der Waals surface area contributed by atoms with Crippen molar-refractivity contribution >= 4 is 11.6 Å². The summed E-state index contributed by atoms with van der Waals surface area (Å²) in [6, 6.07) is 7.12. The predicted octanol–water partition coefficient (Wildman–Crippen LogP) is 3.89. The SMILES string of the molecule is CCCN(CCCCl)[C@@H]1CCc2c(cccc2OC)C1. The molecule has 1 aromatic carbocycles. The van der Waals surface area contributed by atoms with Crippen molar-refractivity contribution in [3.63, 3.8) is 0 Å². The monoisotopic (exact) mass is 295 g/mol. The molecule has 0 heterocycles. The Bertz CT molecular complexity index is 421. The molecule has 0 amide bonds. The molecule has 0 aliphatic heterocycles. The van der Waals surface area contributed by atoms with E-state index in [1.807, 2.05) is 0 Å². The summed E-state index contributed by atoms with van der Waals surface area (Å²) < 4.78 is 5.49. The standard InChI is InChI=1S/C17H26ClNO/c1-3-11-19(12-5-10-18)15-8-9-16-14(13-15)6-4-7-17(16)20-2/h4,6-7,15H,3,5,8-13H2,1-2H3/t15-/m1/s1. The molecule has 1 aliphatic carbocycles. The van der Waals surface area contributed by atoms with Crippen molar-refractivity contribution in [2.75, 3.05) is 26.1 Å². The van der Waals surface area contributed by atoms with Crippen LogP contribution in [0.15, 0.2) is 18.2 Å². The van der Waals surface area contributed by atoms with Crippen molar-refractivity contribution in [2.45, 2.75) is 45.1 Å². The number of hydrogen-bond acceptors (Lipinski definition) is 2. The fourth-order valence-electron chi connectivity index (χ4n) is 3.28. The first-order valence-corrected chi connectivity index (χ1v) is 8.28. The quantitative estimate of drug-likeness (QED) is 0.708. The summed E-state index contributed by atoms with van der Waals surface area (Å²) in [5.41, 5.74) is 2.88. The van der Waals surface area contributed by atoms with E-state index in [9.17, 15) is 0 Å². The lowest BCUT2D eigenvalue weighted by Crippen LogP contribution is -2.40. The number of methoxy groups -OCH3 is 1. The van der Waals surface area contributed by atoms with Crippen LogP contribution in [0.25, 0.3) is 0 Å². The van der Waals surface area contributed by atoms with Gasteiger partial charge in [0.15, 0.2) is 0 Å². The molecule has 3 heteroatoms. The Labute approximate surface area is 128 Å². The lowest BCUT2D eigenvalue weighted by Gasteiger charge is -2.35. The average molecular weight is 296 g/mol. The van der Waals surface area contributed by atoms with Crippen LogP contribution in [0, 0.1) is 0 Å². The van der Waals surface area contributed by atoms with Crippen LogP contribution in [0.1, 0.15) is 37.3 Å². The van der Waals surface area contributed by atoms with Crippen molar-refractivity contribution in [3.05, 3.63) is 29.3 Å². The van der Waals surface area contributed by atoms with Crippen molar-refractivity contribution in [1.82, 2.24) is 4.90 Å². The minimum atomic E-state index is 0.665. The van der Waals surface area contributed by atoms with E-state index in [-0.39, 0.29) is 0 Å². The van der Waals surface area contributed by atoms with Gasteiger partial charge in [-0.25, -0.2) is 0 Å². The number of rotatable bonds is 7. The van der Waals surface area contributed by atoms with E-state index in [0.29, 0.717) is 6.04 Å². The first-order chi connectivity index (χ1) is 9.80. The van der Waals surface area contributed by atoms with E-state index in [2.05, 4.69) is 30.0 Å². The highest BCUT2D eigenvalue weighted by molar-refractivity contribution is 6.17. The zero-order chi connectivity index (χ0) is 14.4. The molecule has 1 aromatic rings. The lowest BCUT2D eigenvalue weighted by atomic mass is 9.86. The Balaban J connectivity index is 2.08. The summed E-state index contributed by atoms with van der Waals surface area (Å²) in [5, 5.41) is 0. The van der Waals surface area contributed by atoms with Gasteiger partial charge in [0.2, 0.25) is 0 Å². The maximum Gasteiger partial charge on any atom is 0.122 e. The van der Waals surface area contributed by atoms with Crippen LogP contribution in [0.3, 0.4) is 0 Å². The Hall–Kier alpha value is -0.730. The van der Waals surface area contributed by atoms with Crippen LogP contribution < -0.4 is 4.74 Å². The second-order valence-corrected chi connectivity index (χ2v) is 5.95. The topological polar surface area (TPSA) is 12.5 Å². The lowest BCUT2D eigenvalue weighted by molar-refractivity contribution is 0.179. The molecular formula is C17H26ClNO. The van der Waals surface area contributed by atoms with Crippen LogP contribution >= 0.6 is 11.6 Å². The zero-order valence-electron chi connectivity index (χ0n) is 12.7. The van der Waals surface area contributed by atoms with Crippen LogP contribution in [0.2, 0.25) is 0 Å². The van der Waals surface area contributed by atoms with Gasteiger partial charge in [-0.05, 0) is 62.4 Å². The number of alkyl halides is 1. The molecular weight excluding hydrogens is 270 g/mol. The van der Waals surface area contributed by atoms with Gasteiger partial charge >= 0.3 is 0 Å². The maximum atomic E-state index is 5.86. The Morgan fingerprint density at radius 2 is 2.20 bits per heavy atom. The molecule has 0 N–H and O–H groups in total. The highest BCUT2D eigenvalue weighted by Gasteiger charge is 2.25. The molecule has 0 bridgehead atoms. The van der Waals surface area contributed by atoms with E-state index < -0.39 is 0 Å². The summed E-state index contributed by atoms with van der Waals surface area (Å²) >= 11 is 5.86. The van der Waals surface area contributed by atoms with Gasteiger partial charge in [0.05, 0.1) is 7.11 Å². The first kappa shape index (κ1) is 15.7. The average Bonchev–Trinajstić information content (AvgIpc) is 2.50. The first-order valence-electron chi connectivity index (χ1n) is 7.75. The predicted molar refractivity (Wildman–Crippen MR) is 86.0 cm³/mol. The van der Waals surface area contributed by atoms with Crippen molar-refractivity contribution in [1.29, 1.82) is 0 Å². The molecule has 112 valence electrons. The molecule has 0 fully saturated rings. The van der Waals surface area contributed by atoms with Gasteiger partial charge in [-0.3, -0.25) is 0 Å². The highest BCUT2D eigenvalue weighted by atomic mass is 35.5. The highest BCUT2D eigenvalue weighted by Crippen LogP contribution is 2.31. The number of hydrogen-bond donors (Lipinski definition) is 0. The molecule has 0 saturated heterocycles. The number of nitrogens with zero attached hydrogens (tertiary/aromatic N) is 1. The van der Waals surface area contributed by atoms with Crippen LogP contribution in [-0.2, 0) is 12.8 Å². The third-order valence-electron chi connectivity index (χ3n) is 4.24. The smallest absolute Gasteiger partial charge is 0.122 e. The molecule has 1 aliphatic rings. The van der Waals surface area contributed by atoms with Gasteiger partial charge < -0.3 is 9.64 Å². The largest absolute Gasteiger partial charge is 0.496 e. The van der Waals surface area contributed by atoms with E-state index >= 15 is 0 Å². The summed E-state index contributed by atoms with van der Waals surface area (Å²) in [7, 11) is 1.77. The fraction of sp³-hybridized carbons (Fsp3) is 0.647. The minimum absolute atomic E-state index is 0.665. The molecule has 0 aromatic heterocycles. The van der Waals surface area contributed by atoms with Crippen molar-refractivity contribution in [3.8, 4) is 5.75 Å². The van der Waals surface area contributed by atoms with Crippen molar-refractivity contribution < 1.29 is 4.74 Å². The van der Waals surface area contributed by atoms with Gasteiger partial charge in [0.1, 0.15) is 5.75 Å². The molecule has 2 rings (SSSR count). The summed E-state index contributed by atoms with van der Waals surface area (Å²) in [5.74, 6) is 1.82. The van der Waals surface area contributed by atoms with Crippen molar-refractivity contribution in [2.24, 2.45) is 0 Å². The number of fused-ring (bicyclic) bond motifs is 1. The fourth-order valence-corrected chi connectivity index (χ4v) is 3.40. The Morgan fingerprint density at radius 1 is 1.35 bits per heavy atom. The summed E-state index contributed by atoms with van der Waals surface area (Å²) in [4.78, 5) is 2.63. The summed E-state index contributed by atoms with van der Waals surface area (Å²) in [6.07, 6.45) is 5.81. The Morgan fingerprint density at radius 3 is 2.90 bits per heavy atom. The molecule has 20 heavy (non-hydrogen) atoms. The van der Waals surface area contributed by atoms with Crippen LogP contribution in [0.4, 0.5) is 0 Å². The number of halogens is 1. The molecule has 1 atom stereocenters. The van der Waals surface area contributed by atoms with E-state index in [0.717, 1.165) is 37.4 Å². The van der Waals surface area contributed by atoms with E-state index in [4.69, 9.17) is 16.3 Å². The second kappa shape index (κ2) is 7.90. The van der Waals surface area contributed by atoms with E-state index in [1.54, 1.807) is 7.11 Å². The third-order valence-corrected chi connectivity index (χ3v) is 4.51. The second-order valence-electron chi connectivity index (χ2n) is 5.57. The van der Waals surface area contributed by atoms with Gasteiger partial charge in [0.25, 0.3) is 0 Å². The zero-order valence-corrected chi connectivity index (χ0v) is 13.5. The molecule has 2 nitrogen and oxygen atoms in total. The van der Waals surface area contributed by atoms with Gasteiger partial charge in [-0.15, -0.1) is 11.6 Å². The van der Waals surface area contributed by atoms with Gasteiger partial charge in [-0.1, -0.05) is 19.1 Å². The van der Waals surface area contributed by atoms with Crippen LogP contribution in [0.5, 0.6) is 5.75 Å². The molecule has 0 unspecified atom stereocenters. The Kier molecular flexibility index (Phi) is 6.18. The van der Waals surface area contributed by atoms with Crippen LogP contribution in [-0.4, -0.2) is 37.0 Å². The third kappa shape index (κ3) is 3.67. The number of benzene rings is 1. The molecule has 0 saturated carbocycles. The molecule has 0 radical (unpaired) electrons. The molecule has 0 spiro atoms. The minimum Gasteiger partial charge on any atom is -0.496 e. The normalized spacial score (nSPS) is 18.1.